The molecule has 12 heavy (non-hydrogen) atoms. The highest BCUT2D eigenvalue weighted by molar-refractivity contribution is 5.77. The molecule has 0 aromatic carbocycles. The normalized spacial score (nSPS) is 10.0. The number of nitrogens with zero attached hydrogens (tertiary/aromatic N) is 2. The average Bonchev–Trinajstić information content (AvgIpc) is 2.05. The number of carbonyl (C=O) groups is 1. The molecule has 0 radical (unpaired) electrons. The average molecular weight is 165 g/mol. The van der Waals surface area contributed by atoms with E-state index in [-0.39, 0.29) is 0 Å². The molecule has 0 saturated carbocycles. The van der Waals surface area contributed by atoms with Crippen molar-refractivity contribution in [3.63, 3.8) is 0 Å². The summed E-state index contributed by atoms with van der Waals surface area (Å²) < 4.78 is 0. The predicted octanol–water partition coefficient (Wildman–Crippen LogP) is 0.511. The first kappa shape index (κ1) is 8.19. The molecule has 0 fully saturated rings. The highest BCUT2D eigenvalue weighted by Crippen LogP contribution is 1.88. The number of rotatable bonds is 2. The first-order valence-electron chi connectivity index (χ1n) is 3.20. The number of oxime groups is 1. The Morgan fingerprint density at radius 1 is 1.67 bits per heavy atom. The van der Waals surface area contributed by atoms with Crippen molar-refractivity contribution in [3.05, 3.63) is 30.1 Å². The smallest absolute Gasteiger partial charge is 0.333 e. The number of nitrogens with two attached hydrogens (primary N) is 1. The molecule has 1 amide bonds. The van der Waals surface area contributed by atoms with Crippen LogP contribution in [0.25, 0.3) is 0 Å². The molecular weight excluding hydrogens is 158 g/mol. The van der Waals surface area contributed by atoms with Gasteiger partial charge < -0.3 is 5.73 Å². The second-order valence-corrected chi connectivity index (χ2v) is 1.90. The summed E-state index contributed by atoms with van der Waals surface area (Å²) in [5, 5.41) is 3.28. The zero-order valence-corrected chi connectivity index (χ0v) is 6.18. The van der Waals surface area contributed by atoms with Gasteiger partial charge in [-0.3, -0.25) is 9.82 Å². The molecule has 0 saturated heterocycles. The van der Waals surface area contributed by atoms with Gasteiger partial charge in [-0.15, -0.1) is 0 Å². The van der Waals surface area contributed by atoms with Gasteiger partial charge in [0, 0.05) is 6.20 Å². The minimum atomic E-state index is -0.942. The van der Waals surface area contributed by atoms with E-state index in [1.165, 1.54) is 6.21 Å². The van der Waals surface area contributed by atoms with Crippen molar-refractivity contribution >= 4 is 12.3 Å². The first-order valence-corrected chi connectivity index (χ1v) is 3.20. The number of amides is 1. The Labute approximate surface area is 68.8 Å². The van der Waals surface area contributed by atoms with E-state index in [1.54, 1.807) is 24.4 Å². The molecule has 1 aromatic rings. The van der Waals surface area contributed by atoms with Gasteiger partial charge in [0.1, 0.15) is 0 Å². The fourth-order valence-electron chi connectivity index (χ4n) is 0.585. The maximum atomic E-state index is 10.1. The minimum Gasteiger partial charge on any atom is -0.333 e. The predicted molar refractivity (Wildman–Crippen MR) is 42.5 cm³/mol. The molecule has 0 aliphatic rings. The molecule has 5 nitrogen and oxygen atoms in total. The fourth-order valence-corrected chi connectivity index (χ4v) is 0.585. The Balaban J connectivity index is 2.52. The molecule has 0 spiro atoms. The topological polar surface area (TPSA) is 77.6 Å². The summed E-state index contributed by atoms with van der Waals surface area (Å²) in [5.74, 6) is 0. The fraction of sp³-hybridized carbons (Fsp3) is 0. The van der Waals surface area contributed by atoms with E-state index >= 15 is 0 Å². The van der Waals surface area contributed by atoms with Crippen molar-refractivity contribution in [3.8, 4) is 0 Å². The Kier molecular flexibility index (Phi) is 2.78. The summed E-state index contributed by atoms with van der Waals surface area (Å²) in [7, 11) is 0. The van der Waals surface area contributed by atoms with Crippen LogP contribution in [-0.2, 0) is 4.84 Å². The van der Waals surface area contributed by atoms with Crippen molar-refractivity contribution in [1.82, 2.24) is 4.98 Å². The van der Waals surface area contributed by atoms with Crippen LogP contribution < -0.4 is 5.73 Å². The largest absolute Gasteiger partial charge is 0.430 e. The molecule has 1 aromatic heterocycles. The Hall–Kier alpha value is -1.91. The third-order valence-corrected chi connectivity index (χ3v) is 1.02. The quantitative estimate of drug-likeness (QED) is 0.394. The third-order valence-electron chi connectivity index (χ3n) is 1.02. The molecular formula is C7H7N3O2. The summed E-state index contributed by atoms with van der Waals surface area (Å²) in [6, 6.07) is 5.28. The summed E-state index contributed by atoms with van der Waals surface area (Å²) in [4.78, 5) is 18.1. The molecule has 0 bridgehead atoms. The SMILES string of the molecule is NC(=O)O/N=C\c1ccccn1. The van der Waals surface area contributed by atoms with Gasteiger partial charge in [0.25, 0.3) is 0 Å². The number of carbonyl (C=O) groups excluding carboxylic acids is 1. The number of primary amides is 1. The van der Waals surface area contributed by atoms with Crippen molar-refractivity contribution in [2.24, 2.45) is 10.9 Å². The molecule has 1 heterocycles. The van der Waals surface area contributed by atoms with Gasteiger partial charge in [0.2, 0.25) is 0 Å². The zero-order chi connectivity index (χ0) is 8.81. The van der Waals surface area contributed by atoms with Gasteiger partial charge in [-0.25, -0.2) is 4.79 Å². The monoisotopic (exact) mass is 165 g/mol. The second kappa shape index (κ2) is 4.07. The summed E-state index contributed by atoms with van der Waals surface area (Å²) >= 11 is 0. The molecule has 0 unspecified atom stereocenters. The highest BCUT2D eigenvalue weighted by Gasteiger charge is 1.88. The molecule has 2 N–H and O–H groups in total. The standard InChI is InChI=1S/C7H7N3O2/c8-7(11)12-10-5-6-3-1-2-4-9-6/h1-5H,(H2,8,11)/b10-5-. The van der Waals surface area contributed by atoms with E-state index in [0.29, 0.717) is 5.69 Å². The van der Waals surface area contributed by atoms with E-state index in [1.807, 2.05) is 0 Å². The van der Waals surface area contributed by atoms with Crippen molar-refractivity contribution in [2.45, 2.75) is 0 Å². The third kappa shape index (κ3) is 2.78. The summed E-state index contributed by atoms with van der Waals surface area (Å²) in [6.45, 7) is 0. The molecule has 1 rings (SSSR count). The van der Waals surface area contributed by atoms with Gasteiger partial charge in [0.15, 0.2) is 0 Å². The van der Waals surface area contributed by atoms with E-state index < -0.39 is 6.09 Å². The maximum absolute atomic E-state index is 10.1. The molecule has 5 heteroatoms. The lowest BCUT2D eigenvalue weighted by atomic mass is 10.4. The molecule has 0 atom stereocenters. The number of aromatic nitrogens is 1. The van der Waals surface area contributed by atoms with E-state index in [4.69, 9.17) is 0 Å². The Morgan fingerprint density at radius 3 is 3.08 bits per heavy atom. The van der Waals surface area contributed by atoms with Crippen molar-refractivity contribution < 1.29 is 9.63 Å². The van der Waals surface area contributed by atoms with Crippen LogP contribution in [0.5, 0.6) is 0 Å². The Bertz CT molecular complexity index is 284. The van der Waals surface area contributed by atoms with Crippen LogP contribution >= 0.6 is 0 Å². The minimum absolute atomic E-state index is 0.596. The van der Waals surface area contributed by atoms with Crippen molar-refractivity contribution in [1.29, 1.82) is 0 Å². The van der Waals surface area contributed by atoms with Crippen LogP contribution in [0.4, 0.5) is 4.79 Å². The van der Waals surface area contributed by atoms with Crippen LogP contribution in [0.3, 0.4) is 0 Å². The van der Waals surface area contributed by atoms with Gasteiger partial charge in [-0.1, -0.05) is 11.2 Å². The van der Waals surface area contributed by atoms with Crippen LogP contribution in [0.1, 0.15) is 5.69 Å². The lowest BCUT2D eigenvalue weighted by Gasteiger charge is -1.89. The lowest BCUT2D eigenvalue weighted by Crippen LogP contribution is -2.09. The van der Waals surface area contributed by atoms with E-state index in [9.17, 15) is 4.79 Å². The van der Waals surface area contributed by atoms with Crippen LogP contribution in [0, 0.1) is 0 Å². The first-order chi connectivity index (χ1) is 5.79. The van der Waals surface area contributed by atoms with Gasteiger partial charge in [-0.05, 0) is 12.1 Å². The summed E-state index contributed by atoms with van der Waals surface area (Å²) in [6.07, 6.45) is 1.96. The molecule has 0 aliphatic carbocycles. The lowest BCUT2D eigenvalue weighted by molar-refractivity contribution is 0.162. The second-order valence-electron chi connectivity index (χ2n) is 1.90. The van der Waals surface area contributed by atoms with E-state index in [0.717, 1.165) is 0 Å². The molecule has 0 aliphatic heterocycles. The zero-order valence-electron chi connectivity index (χ0n) is 6.18. The molecule has 62 valence electrons. The van der Waals surface area contributed by atoms with Gasteiger partial charge >= 0.3 is 6.09 Å². The number of hydrogen-bond donors (Lipinski definition) is 1. The van der Waals surface area contributed by atoms with Crippen LogP contribution in [-0.4, -0.2) is 17.3 Å². The Morgan fingerprint density at radius 2 is 2.50 bits per heavy atom. The maximum Gasteiger partial charge on any atom is 0.430 e. The van der Waals surface area contributed by atoms with Gasteiger partial charge in [0.05, 0.1) is 11.9 Å². The van der Waals surface area contributed by atoms with Crippen molar-refractivity contribution in [2.75, 3.05) is 0 Å². The number of hydrogen-bond acceptors (Lipinski definition) is 4. The van der Waals surface area contributed by atoms with Gasteiger partial charge in [-0.2, -0.15) is 0 Å². The van der Waals surface area contributed by atoms with Crippen LogP contribution in [0.2, 0.25) is 0 Å². The number of pyridine rings is 1. The van der Waals surface area contributed by atoms with E-state index in [2.05, 4.69) is 20.7 Å². The van der Waals surface area contributed by atoms with Crippen LogP contribution in [0.15, 0.2) is 29.6 Å². The highest BCUT2D eigenvalue weighted by atomic mass is 16.7. The summed E-state index contributed by atoms with van der Waals surface area (Å²) in [5.41, 5.74) is 5.26.